The van der Waals surface area contributed by atoms with Gasteiger partial charge in [-0.3, -0.25) is 4.79 Å². The fourth-order valence-corrected chi connectivity index (χ4v) is 4.09. The summed E-state index contributed by atoms with van der Waals surface area (Å²) in [7, 11) is 2.00. The Labute approximate surface area is 124 Å². The van der Waals surface area contributed by atoms with Crippen LogP contribution in [0, 0.1) is 17.8 Å². The molecule has 3 nitrogen and oxygen atoms in total. The normalized spacial score (nSPS) is 25.3. The van der Waals surface area contributed by atoms with Crippen LogP contribution in [0.25, 0.3) is 0 Å². The zero-order valence-electron chi connectivity index (χ0n) is 13.4. The van der Waals surface area contributed by atoms with Crippen molar-refractivity contribution in [1.29, 1.82) is 0 Å². The maximum absolute atomic E-state index is 12.8. The Bertz CT molecular complexity index is 299. The lowest BCUT2D eigenvalue weighted by molar-refractivity contribution is -0.135. The summed E-state index contributed by atoms with van der Waals surface area (Å²) in [6.07, 6.45) is 10.0. The molecule has 2 atom stereocenters. The van der Waals surface area contributed by atoms with Gasteiger partial charge in [0.2, 0.25) is 5.91 Å². The lowest BCUT2D eigenvalue weighted by Crippen LogP contribution is -2.36. The molecule has 0 aromatic carbocycles. The van der Waals surface area contributed by atoms with Gasteiger partial charge in [0.15, 0.2) is 0 Å². The topological polar surface area (TPSA) is 32.3 Å². The maximum atomic E-state index is 12.8. The second-order valence-electron chi connectivity index (χ2n) is 6.87. The third-order valence-corrected chi connectivity index (χ3v) is 5.17. The van der Waals surface area contributed by atoms with Crippen LogP contribution in [0.15, 0.2) is 0 Å². The monoisotopic (exact) mass is 280 g/mol. The van der Waals surface area contributed by atoms with Crippen LogP contribution in [0.2, 0.25) is 0 Å². The Hall–Kier alpha value is -0.570. The van der Waals surface area contributed by atoms with Crippen molar-refractivity contribution in [2.75, 3.05) is 26.7 Å². The first-order chi connectivity index (χ1) is 9.74. The van der Waals surface area contributed by atoms with Gasteiger partial charge in [0, 0.05) is 19.0 Å². The van der Waals surface area contributed by atoms with Gasteiger partial charge in [-0.05, 0) is 44.7 Å². The van der Waals surface area contributed by atoms with Crippen LogP contribution in [0.4, 0.5) is 0 Å². The molecule has 0 bridgehead atoms. The summed E-state index contributed by atoms with van der Waals surface area (Å²) in [4.78, 5) is 14.9. The summed E-state index contributed by atoms with van der Waals surface area (Å²) in [5.74, 6) is 2.25. The summed E-state index contributed by atoms with van der Waals surface area (Å²) in [5, 5.41) is 3.24. The number of nitrogens with one attached hydrogen (secondary N) is 1. The van der Waals surface area contributed by atoms with Gasteiger partial charge in [-0.1, -0.05) is 39.0 Å². The summed E-state index contributed by atoms with van der Waals surface area (Å²) in [5.41, 5.74) is 0. The van der Waals surface area contributed by atoms with Gasteiger partial charge in [0.25, 0.3) is 0 Å². The minimum Gasteiger partial charge on any atom is -0.342 e. The van der Waals surface area contributed by atoms with Crippen LogP contribution in [0.1, 0.15) is 58.3 Å². The summed E-state index contributed by atoms with van der Waals surface area (Å²) < 4.78 is 0. The minimum atomic E-state index is 0.302. The van der Waals surface area contributed by atoms with Crippen molar-refractivity contribution < 1.29 is 4.79 Å². The molecule has 2 aliphatic rings. The molecule has 1 heterocycles. The third kappa shape index (κ3) is 4.21. The molecule has 2 rings (SSSR count). The molecule has 2 fully saturated rings. The van der Waals surface area contributed by atoms with E-state index in [2.05, 4.69) is 17.1 Å². The Morgan fingerprint density at radius 1 is 1.25 bits per heavy atom. The predicted molar refractivity (Wildman–Crippen MR) is 83.6 cm³/mol. The number of hydrogen-bond acceptors (Lipinski definition) is 2. The number of hydrogen-bond donors (Lipinski definition) is 1. The van der Waals surface area contributed by atoms with E-state index in [-0.39, 0.29) is 0 Å². The molecule has 20 heavy (non-hydrogen) atoms. The van der Waals surface area contributed by atoms with Gasteiger partial charge < -0.3 is 10.2 Å². The molecule has 3 heteroatoms. The van der Waals surface area contributed by atoms with Crippen molar-refractivity contribution in [3.8, 4) is 0 Å². The van der Waals surface area contributed by atoms with Gasteiger partial charge in [-0.2, -0.15) is 0 Å². The van der Waals surface area contributed by atoms with Crippen molar-refractivity contribution in [2.24, 2.45) is 17.8 Å². The zero-order chi connectivity index (χ0) is 14.4. The Balaban J connectivity index is 1.86. The highest BCUT2D eigenvalue weighted by atomic mass is 16.2. The van der Waals surface area contributed by atoms with Crippen LogP contribution in [0.3, 0.4) is 0 Å². The van der Waals surface area contributed by atoms with Crippen molar-refractivity contribution in [3.05, 3.63) is 0 Å². The van der Waals surface area contributed by atoms with Crippen molar-refractivity contribution in [3.63, 3.8) is 0 Å². The van der Waals surface area contributed by atoms with Gasteiger partial charge in [-0.15, -0.1) is 0 Å². The van der Waals surface area contributed by atoms with Gasteiger partial charge in [0.05, 0.1) is 0 Å². The van der Waals surface area contributed by atoms with E-state index in [4.69, 9.17) is 0 Å². The molecule has 0 radical (unpaired) electrons. The molecule has 0 aromatic rings. The second kappa shape index (κ2) is 8.02. The van der Waals surface area contributed by atoms with E-state index < -0.39 is 0 Å². The average Bonchev–Trinajstić information content (AvgIpc) is 3.09. The standard InChI is InChI=1S/C17H32N2O/c1-3-6-16(11-14-7-4-5-8-14)17(20)19-10-9-15(13-19)12-18-2/h14-16,18H,3-13H2,1-2H3. The quantitative estimate of drug-likeness (QED) is 0.777. The number of amides is 1. The van der Waals surface area contributed by atoms with E-state index in [0.29, 0.717) is 17.7 Å². The van der Waals surface area contributed by atoms with Gasteiger partial charge >= 0.3 is 0 Å². The smallest absolute Gasteiger partial charge is 0.225 e. The Morgan fingerprint density at radius 3 is 2.65 bits per heavy atom. The molecule has 1 saturated carbocycles. The van der Waals surface area contributed by atoms with E-state index in [1.165, 1.54) is 32.1 Å². The summed E-state index contributed by atoms with van der Waals surface area (Å²) >= 11 is 0. The van der Waals surface area contributed by atoms with Crippen LogP contribution in [-0.4, -0.2) is 37.5 Å². The molecule has 1 aliphatic heterocycles. The van der Waals surface area contributed by atoms with Crippen LogP contribution in [0.5, 0.6) is 0 Å². The molecule has 1 N–H and O–H groups in total. The Kier molecular flexibility index (Phi) is 6.34. The maximum Gasteiger partial charge on any atom is 0.225 e. The van der Waals surface area contributed by atoms with Crippen LogP contribution < -0.4 is 5.32 Å². The van der Waals surface area contributed by atoms with E-state index in [9.17, 15) is 4.79 Å². The first-order valence-electron chi connectivity index (χ1n) is 8.68. The fourth-order valence-electron chi connectivity index (χ4n) is 4.09. The molecule has 0 spiro atoms. The van der Waals surface area contributed by atoms with E-state index in [1.54, 1.807) is 0 Å². The number of carbonyl (C=O) groups excluding carboxylic acids is 1. The Morgan fingerprint density at radius 2 is 2.00 bits per heavy atom. The van der Waals surface area contributed by atoms with Crippen LogP contribution >= 0.6 is 0 Å². The highest BCUT2D eigenvalue weighted by Gasteiger charge is 2.31. The molecule has 1 aliphatic carbocycles. The second-order valence-corrected chi connectivity index (χ2v) is 6.87. The van der Waals surface area contributed by atoms with Crippen LogP contribution in [-0.2, 0) is 4.79 Å². The lowest BCUT2D eigenvalue weighted by atomic mass is 9.89. The molecule has 2 unspecified atom stereocenters. The van der Waals surface area contributed by atoms with Crippen molar-refractivity contribution >= 4 is 5.91 Å². The van der Waals surface area contributed by atoms with Crippen molar-refractivity contribution in [2.45, 2.75) is 58.3 Å². The van der Waals surface area contributed by atoms with E-state index in [0.717, 1.165) is 44.8 Å². The molecule has 116 valence electrons. The molecular formula is C17H32N2O. The molecule has 0 aromatic heterocycles. The zero-order valence-corrected chi connectivity index (χ0v) is 13.4. The lowest BCUT2D eigenvalue weighted by Gasteiger charge is -2.25. The highest BCUT2D eigenvalue weighted by molar-refractivity contribution is 5.79. The molecular weight excluding hydrogens is 248 g/mol. The number of rotatable bonds is 7. The average molecular weight is 280 g/mol. The van der Waals surface area contributed by atoms with E-state index >= 15 is 0 Å². The minimum absolute atomic E-state index is 0.302. The molecule has 1 amide bonds. The first-order valence-corrected chi connectivity index (χ1v) is 8.68. The van der Waals surface area contributed by atoms with Gasteiger partial charge in [-0.25, -0.2) is 0 Å². The predicted octanol–water partition coefficient (Wildman–Crippen LogP) is 3.05. The first kappa shape index (κ1) is 15.8. The number of nitrogens with zero attached hydrogens (tertiary/aromatic N) is 1. The number of carbonyl (C=O) groups is 1. The highest BCUT2D eigenvalue weighted by Crippen LogP contribution is 2.33. The SMILES string of the molecule is CCCC(CC1CCCC1)C(=O)N1CCC(CNC)C1. The third-order valence-electron chi connectivity index (χ3n) is 5.17. The molecule has 1 saturated heterocycles. The van der Waals surface area contributed by atoms with Gasteiger partial charge in [0.1, 0.15) is 0 Å². The van der Waals surface area contributed by atoms with Crippen molar-refractivity contribution in [1.82, 2.24) is 10.2 Å². The summed E-state index contributed by atoms with van der Waals surface area (Å²) in [6.45, 7) is 5.22. The number of likely N-dealkylation sites (tertiary alicyclic amines) is 1. The van der Waals surface area contributed by atoms with E-state index in [1.807, 2.05) is 7.05 Å². The largest absolute Gasteiger partial charge is 0.342 e. The summed E-state index contributed by atoms with van der Waals surface area (Å²) in [6, 6.07) is 0. The fraction of sp³-hybridized carbons (Fsp3) is 0.941.